The molecule has 2 atom stereocenters. The second kappa shape index (κ2) is 6.97. The molecular formula is C13H25NO3. The fraction of sp³-hybridized carbons (Fsp3) is 0.923. The lowest BCUT2D eigenvalue weighted by atomic mass is 9.93. The van der Waals surface area contributed by atoms with Crippen molar-refractivity contribution in [2.75, 3.05) is 26.2 Å². The second-order valence-corrected chi connectivity index (χ2v) is 5.45. The van der Waals surface area contributed by atoms with Crippen LogP contribution in [0.2, 0.25) is 0 Å². The van der Waals surface area contributed by atoms with E-state index in [0.29, 0.717) is 25.0 Å². The normalized spacial score (nSPS) is 23.7. The number of likely N-dealkylation sites (tertiary alicyclic amines) is 1. The molecule has 0 aromatic rings. The number of carbonyl (C=O) groups excluding carboxylic acids is 1. The second-order valence-electron chi connectivity index (χ2n) is 5.45. The molecule has 0 amide bonds. The molecule has 0 radical (unpaired) electrons. The molecular weight excluding hydrogens is 218 g/mol. The van der Waals surface area contributed by atoms with Gasteiger partial charge in [0.05, 0.1) is 19.3 Å². The highest BCUT2D eigenvalue weighted by atomic mass is 16.5. The molecule has 0 aromatic heterocycles. The zero-order valence-electron chi connectivity index (χ0n) is 11.2. The van der Waals surface area contributed by atoms with Gasteiger partial charge in [-0.1, -0.05) is 13.8 Å². The van der Waals surface area contributed by atoms with Crippen molar-refractivity contribution in [3.63, 3.8) is 0 Å². The third-order valence-corrected chi connectivity index (χ3v) is 3.15. The fourth-order valence-corrected chi connectivity index (χ4v) is 2.12. The fourth-order valence-electron chi connectivity index (χ4n) is 2.12. The third kappa shape index (κ3) is 5.50. The molecule has 0 aromatic carbocycles. The first-order valence-electron chi connectivity index (χ1n) is 6.55. The van der Waals surface area contributed by atoms with Crippen LogP contribution in [0.25, 0.3) is 0 Å². The summed E-state index contributed by atoms with van der Waals surface area (Å²) in [5.74, 6) is 0.525. The Morgan fingerprint density at radius 3 is 2.76 bits per heavy atom. The number of aliphatic hydroxyl groups is 1. The van der Waals surface area contributed by atoms with Crippen LogP contribution < -0.4 is 0 Å². The van der Waals surface area contributed by atoms with Gasteiger partial charge in [0.2, 0.25) is 0 Å². The summed E-state index contributed by atoms with van der Waals surface area (Å²) < 4.78 is 5.16. The first-order chi connectivity index (χ1) is 7.99. The number of hydrogen-bond donors (Lipinski definition) is 1. The van der Waals surface area contributed by atoms with Crippen molar-refractivity contribution in [2.24, 2.45) is 11.8 Å². The van der Waals surface area contributed by atoms with Crippen LogP contribution in [0.4, 0.5) is 0 Å². The Hall–Kier alpha value is -0.610. The SMILES string of the molecule is CC(C)COC(=O)CN1CCCC(C(C)O)C1. The standard InChI is InChI=1S/C13H25NO3/c1-10(2)9-17-13(16)8-14-6-4-5-12(7-14)11(3)15/h10-12,15H,4-9H2,1-3H3. The van der Waals surface area contributed by atoms with E-state index < -0.39 is 0 Å². The lowest BCUT2D eigenvalue weighted by Gasteiger charge is -2.33. The van der Waals surface area contributed by atoms with Crippen LogP contribution in [0.3, 0.4) is 0 Å². The van der Waals surface area contributed by atoms with Crippen LogP contribution >= 0.6 is 0 Å². The minimum absolute atomic E-state index is 0.148. The molecule has 1 N–H and O–H groups in total. The van der Waals surface area contributed by atoms with Crippen LogP contribution in [0, 0.1) is 11.8 Å². The number of piperidine rings is 1. The topological polar surface area (TPSA) is 49.8 Å². The highest BCUT2D eigenvalue weighted by molar-refractivity contribution is 5.71. The average Bonchev–Trinajstić information content (AvgIpc) is 2.26. The maximum atomic E-state index is 11.6. The van der Waals surface area contributed by atoms with Gasteiger partial charge in [0, 0.05) is 6.54 Å². The van der Waals surface area contributed by atoms with Crippen molar-refractivity contribution in [2.45, 2.75) is 39.7 Å². The Bertz CT molecular complexity index is 241. The number of hydrogen-bond acceptors (Lipinski definition) is 4. The monoisotopic (exact) mass is 243 g/mol. The molecule has 1 fully saturated rings. The van der Waals surface area contributed by atoms with E-state index in [0.717, 1.165) is 25.9 Å². The zero-order valence-corrected chi connectivity index (χ0v) is 11.2. The van der Waals surface area contributed by atoms with Gasteiger partial charge in [-0.2, -0.15) is 0 Å². The Morgan fingerprint density at radius 1 is 1.47 bits per heavy atom. The van der Waals surface area contributed by atoms with Crippen molar-refractivity contribution in [3.05, 3.63) is 0 Å². The van der Waals surface area contributed by atoms with Gasteiger partial charge in [0.1, 0.15) is 0 Å². The lowest BCUT2D eigenvalue weighted by molar-refractivity contribution is -0.146. The Labute approximate surface area is 104 Å². The molecule has 0 spiro atoms. The molecule has 1 aliphatic rings. The van der Waals surface area contributed by atoms with Crippen molar-refractivity contribution in [1.29, 1.82) is 0 Å². The molecule has 1 rings (SSSR count). The van der Waals surface area contributed by atoms with E-state index in [4.69, 9.17) is 4.74 Å². The van der Waals surface area contributed by atoms with Crippen molar-refractivity contribution < 1.29 is 14.6 Å². The molecule has 0 saturated carbocycles. The van der Waals surface area contributed by atoms with Gasteiger partial charge in [0.25, 0.3) is 0 Å². The summed E-state index contributed by atoms with van der Waals surface area (Å²) in [5, 5.41) is 9.56. The smallest absolute Gasteiger partial charge is 0.320 e. The van der Waals surface area contributed by atoms with Gasteiger partial charge >= 0.3 is 5.97 Å². The molecule has 1 saturated heterocycles. The maximum Gasteiger partial charge on any atom is 0.320 e. The van der Waals surface area contributed by atoms with E-state index in [-0.39, 0.29) is 12.1 Å². The predicted molar refractivity (Wildman–Crippen MR) is 66.6 cm³/mol. The zero-order chi connectivity index (χ0) is 12.8. The number of esters is 1. The number of ether oxygens (including phenoxy) is 1. The number of carbonyl (C=O) groups is 1. The quantitative estimate of drug-likeness (QED) is 0.739. The van der Waals surface area contributed by atoms with Crippen LogP contribution in [-0.4, -0.2) is 48.3 Å². The summed E-state index contributed by atoms with van der Waals surface area (Å²) in [6.45, 7) is 8.46. The van der Waals surface area contributed by atoms with Crippen molar-refractivity contribution >= 4 is 5.97 Å². The maximum absolute atomic E-state index is 11.6. The van der Waals surface area contributed by atoms with Crippen LogP contribution in [0.5, 0.6) is 0 Å². The average molecular weight is 243 g/mol. The molecule has 17 heavy (non-hydrogen) atoms. The minimum Gasteiger partial charge on any atom is -0.464 e. The molecule has 0 aliphatic carbocycles. The van der Waals surface area contributed by atoms with Crippen molar-refractivity contribution in [3.8, 4) is 0 Å². The summed E-state index contributed by atoms with van der Waals surface area (Å²) in [7, 11) is 0. The summed E-state index contributed by atoms with van der Waals surface area (Å²) in [5.41, 5.74) is 0. The highest BCUT2D eigenvalue weighted by Crippen LogP contribution is 2.19. The summed E-state index contributed by atoms with van der Waals surface area (Å²) >= 11 is 0. The van der Waals surface area contributed by atoms with Crippen LogP contribution in [0.15, 0.2) is 0 Å². The van der Waals surface area contributed by atoms with Gasteiger partial charge in [-0.25, -0.2) is 0 Å². The molecule has 1 heterocycles. The molecule has 1 aliphatic heterocycles. The first kappa shape index (κ1) is 14.5. The molecule has 100 valence electrons. The van der Waals surface area contributed by atoms with Crippen LogP contribution in [-0.2, 0) is 9.53 Å². The third-order valence-electron chi connectivity index (χ3n) is 3.15. The van der Waals surface area contributed by atoms with E-state index in [1.807, 2.05) is 20.8 Å². The first-order valence-corrected chi connectivity index (χ1v) is 6.55. The molecule has 0 bridgehead atoms. The van der Waals surface area contributed by atoms with Crippen LogP contribution in [0.1, 0.15) is 33.6 Å². The van der Waals surface area contributed by atoms with E-state index >= 15 is 0 Å². The number of rotatable bonds is 5. The molecule has 2 unspecified atom stereocenters. The molecule has 4 heteroatoms. The van der Waals surface area contributed by atoms with Gasteiger partial charge in [-0.15, -0.1) is 0 Å². The Balaban J connectivity index is 2.28. The van der Waals surface area contributed by atoms with E-state index in [9.17, 15) is 9.90 Å². The van der Waals surface area contributed by atoms with Gasteiger partial charge in [0.15, 0.2) is 0 Å². The number of aliphatic hydroxyl groups excluding tert-OH is 1. The Morgan fingerprint density at radius 2 is 2.18 bits per heavy atom. The highest BCUT2D eigenvalue weighted by Gasteiger charge is 2.24. The largest absolute Gasteiger partial charge is 0.464 e. The van der Waals surface area contributed by atoms with E-state index in [1.54, 1.807) is 0 Å². The summed E-state index contributed by atoms with van der Waals surface area (Å²) in [6, 6.07) is 0. The molecule has 4 nitrogen and oxygen atoms in total. The van der Waals surface area contributed by atoms with Gasteiger partial charge < -0.3 is 9.84 Å². The van der Waals surface area contributed by atoms with Gasteiger partial charge in [-0.3, -0.25) is 9.69 Å². The summed E-state index contributed by atoms with van der Waals surface area (Å²) in [4.78, 5) is 13.7. The van der Waals surface area contributed by atoms with E-state index in [2.05, 4.69) is 4.90 Å². The van der Waals surface area contributed by atoms with E-state index in [1.165, 1.54) is 0 Å². The summed E-state index contributed by atoms with van der Waals surface area (Å²) in [6.07, 6.45) is 1.81. The van der Waals surface area contributed by atoms with Crippen molar-refractivity contribution in [1.82, 2.24) is 4.90 Å². The Kier molecular flexibility index (Phi) is 5.92. The predicted octanol–water partition coefficient (Wildman–Crippen LogP) is 1.28. The van der Waals surface area contributed by atoms with Gasteiger partial charge in [-0.05, 0) is 38.1 Å². The minimum atomic E-state index is -0.288. The number of nitrogens with zero attached hydrogens (tertiary/aromatic N) is 1. The lowest BCUT2D eigenvalue weighted by Crippen LogP contribution is -2.42.